The molecule has 8 nitrogen and oxygen atoms in total. The Hall–Kier alpha value is -2.46. The van der Waals surface area contributed by atoms with Gasteiger partial charge in [0.25, 0.3) is 5.91 Å². The number of fused-ring (bicyclic) bond motifs is 1. The molecular formula is C21H23ClN4O4S. The summed E-state index contributed by atoms with van der Waals surface area (Å²) in [4.78, 5) is 20.3. The predicted octanol–water partition coefficient (Wildman–Crippen LogP) is 3.16. The molecule has 31 heavy (non-hydrogen) atoms. The Kier molecular flexibility index (Phi) is 6.29. The van der Waals surface area contributed by atoms with Gasteiger partial charge in [0.2, 0.25) is 10.0 Å². The van der Waals surface area contributed by atoms with Crippen LogP contribution in [-0.2, 0) is 14.8 Å². The third kappa shape index (κ3) is 4.90. The molecule has 1 aliphatic rings. The Morgan fingerprint density at radius 3 is 2.87 bits per heavy atom. The van der Waals surface area contributed by atoms with Gasteiger partial charge < -0.3 is 15.0 Å². The fourth-order valence-electron chi connectivity index (χ4n) is 3.46. The van der Waals surface area contributed by atoms with E-state index in [4.69, 9.17) is 16.3 Å². The largest absolute Gasteiger partial charge is 0.377 e. The Balaban J connectivity index is 1.49. The first kappa shape index (κ1) is 21.8. The lowest BCUT2D eigenvalue weighted by Crippen LogP contribution is -2.32. The van der Waals surface area contributed by atoms with Crippen molar-refractivity contribution >= 4 is 38.6 Å². The third-order valence-corrected chi connectivity index (χ3v) is 7.08. The minimum absolute atomic E-state index is 0.0433. The predicted molar refractivity (Wildman–Crippen MR) is 118 cm³/mol. The number of imidazole rings is 1. The van der Waals surface area contributed by atoms with Crippen LogP contribution in [0, 0.1) is 0 Å². The first-order chi connectivity index (χ1) is 14.8. The Morgan fingerprint density at radius 2 is 2.13 bits per heavy atom. The Bertz CT molecular complexity index is 1170. The van der Waals surface area contributed by atoms with E-state index in [9.17, 15) is 13.2 Å². The van der Waals surface area contributed by atoms with Gasteiger partial charge in [0, 0.05) is 18.7 Å². The van der Waals surface area contributed by atoms with E-state index in [2.05, 4.69) is 20.0 Å². The number of carbonyl (C=O) groups is 1. The van der Waals surface area contributed by atoms with Crippen molar-refractivity contribution < 1.29 is 17.9 Å². The Morgan fingerprint density at radius 1 is 1.32 bits per heavy atom. The molecule has 3 N–H and O–H groups in total. The zero-order chi connectivity index (χ0) is 22.0. The van der Waals surface area contributed by atoms with Crippen LogP contribution in [0.5, 0.6) is 0 Å². The molecule has 0 bridgehead atoms. The fraction of sp³-hybridized carbons (Fsp3) is 0.333. The van der Waals surface area contributed by atoms with Crippen LogP contribution in [0.1, 0.15) is 42.0 Å². The Labute approximate surface area is 185 Å². The summed E-state index contributed by atoms with van der Waals surface area (Å²) in [7, 11) is -3.89. The number of ether oxygens (including phenoxy) is 1. The molecule has 2 heterocycles. The number of para-hydroxylation sites is 2. The van der Waals surface area contributed by atoms with Crippen LogP contribution in [0.15, 0.2) is 47.4 Å². The van der Waals surface area contributed by atoms with Crippen molar-refractivity contribution in [3.63, 3.8) is 0 Å². The quantitative estimate of drug-likeness (QED) is 0.499. The molecular weight excluding hydrogens is 440 g/mol. The molecule has 0 unspecified atom stereocenters. The number of nitrogens with zero attached hydrogens (tertiary/aromatic N) is 1. The van der Waals surface area contributed by atoms with Gasteiger partial charge in [-0.25, -0.2) is 18.1 Å². The van der Waals surface area contributed by atoms with Gasteiger partial charge in [-0.1, -0.05) is 23.7 Å². The highest BCUT2D eigenvalue weighted by atomic mass is 35.5. The molecule has 0 spiro atoms. The van der Waals surface area contributed by atoms with Gasteiger partial charge in [-0.3, -0.25) is 4.79 Å². The van der Waals surface area contributed by atoms with Crippen molar-refractivity contribution in [2.75, 3.05) is 13.2 Å². The number of aromatic nitrogens is 2. The fourth-order valence-corrected chi connectivity index (χ4v) is 5.05. The van der Waals surface area contributed by atoms with E-state index < -0.39 is 22.0 Å². The van der Waals surface area contributed by atoms with Gasteiger partial charge in [-0.05, 0) is 50.1 Å². The lowest BCUT2D eigenvalue weighted by atomic mass is 10.2. The third-order valence-electron chi connectivity index (χ3n) is 5.17. The number of benzene rings is 2. The molecule has 1 amide bonds. The van der Waals surface area contributed by atoms with Crippen molar-refractivity contribution in [1.82, 2.24) is 20.0 Å². The number of aromatic amines is 1. The normalized spacial score (nSPS) is 17.7. The number of hydrogen-bond donors (Lipinski definition) is 3. The molecule has 0 radical (unpaired) electrons. The van der Waals surface area contributed by atoms with E-state index in [1.165, 1.54) is 18.2 Å². The van der Waals surface area contributed by atoms with E-state index in [0.717, 1.165) is 23.9 Å². The van der Waals surface area contributed by atoms with Gasteiger partial charge in [-0.15, -0.1) is 0 Å². The van der Waals surface area contributed by atoms with Gasteiger partial charge in [0.05, 0.1) is 28.2 Å². The number of H-pyrrole nitrogens is 1. The van der Waals surface area contributed by atoms with Crippen molar-refractivity contribution in [2.24, 2.45) is 0 Å². The van der Waals surface area contributed by atoms with Gasteiger partial charge in [0.1, 0.15) is 10.7 Å². The highest BCUT2D eigenvalue weighted by Gasteiger charge is 2.24. The average molecular weight is 463 g/mol. The van der Waals surface area contributed by atoms with E-state index >= 15 is 0 Å². The summed E-state index contributed by atoms with van der Waals surface area (Å²) in [6.45, 7) is 2.59. The first-order valence-electron chi connectivity index (χ1n) is 10.00. The number of carbonyl (C=O) groups excluding carboxylic acids is 1. The van der Waals surface area contributed by atoms with Crippen LogP contribution in [0.2, 0.25) is 5.02 Å². The molecule has 2 aromatic carbocycles. The molecule has 1 aliphatic heterocycles. The van der Waals surface area contributed by atoms with Crippen molar-refractivity contribution in [3.8, 4) is 0 Å². The van der Waals surface area contributed by atoms with Crippen LogP contribution >= 0.6 is 11.6 Å². The molecule has 3 aromatic rings. The van der Waals surface area contributed by atoms with Crippen molar-refractivity contribution in [2.45, 2.75) is 36.8 Å². The monoisotopic (exact) mass is 462 g/mol. The molecule has 10 heteroatoms. The van der Waals surface area contributed by atoms with Gasteiger partial charge >= 0.3 is 0 Å². The smallest absolute Gasteiger partial charge is 0.251 e. The summed E-state index contributed by atoms with van der Waals surface area (Å²) >= 11 is 6.13. The standard InChI is InChI=1S/C21H23ClN4O4S/c1-13(20-25-17-6-2-3-7-18(17)26-20)24-21(27)14-8-9-16(22)19(11-14)31(28,29)23-12-15-5-4-10-30-15/h2-3,6-9,11,13,15,23H,4-5,10,12H2,1H3,(H,24,27)(H,25,26)/t13-,15+/m1/s1. The average Bonchev–Trinajstić information content (AvgIpc) is 3.42. The number of sulfonamides is 1. The molecule has 164 valence electrons. The molecule has 2 atom stereocenters. The zero-order valence-electron chi connectivity index (χ0n) is 16.9. The lowest BCUT2D eigenvalue weighted by molar-refractivity contribution is 0.0938. The molecule has 1 fully saturated rings. The maximum atomic E-state index is 12.8. The number of nitrogens with one attached hydrogen (secondary N) is 3. The maximum Gasteiger partial charge on any atom is 0.251 e. The second-order valence-electron chi connectivity index (χ2n) is 7.47. The molecule has 1 saturated heterocycles. The van der Waals surface area contributed by atoms with E-state index in [1.54, 1.807) is 6.92 Å². The highest BCUT2D eigenvalue weighted by molar-refractivity contribution is 7.89. The topological polar surface area (TPSA) is 113 Å². The maximum absolute atomic E-state index is 12.8. The number of amides is 1. The van der Waals surface area contributed by atoms with E-state index in [1.807, 2.05) is 24.3 Å². The summed E-state index contributed by atoms with van der Waals surface area (Å²) in [6, 6.07) is 11.3. The zero-order valence-corrected chi connectivity index (χ0v) is 18.5. The van der Waals surface area contributed by atoms with Crippen LogP contribution in [0.25, 0.3) is 11.0 Å². The molecule has 4 rings (SSSR count). The van der Waals surface area contributed by atoms with E-state index in [0.29, 0.717) is 12.4 Å². The van der Waals surface area contributed by atoms with Gasteiger partial charge in [-0.2, -0.15) is 0 Å². The second kappa shape index (κ2) is 8.96. The van der Waals surface area contributed by atoms with Gasteiger partial charge in [0.15, 0.2) is 0 Å². The summed E-state index contributed by atoms with van der Waals surface area (Å²) < 4.78 is 33.4. The summed E-state index contributed by atoms with van der Waals surface area (Å²) in [6.07, 6.45) is 1.56. The van der Waals surface area contributed by atoms with E-state index in [-0.39, 0.29) is 28.1 Å². The first-order valence-corrected chi connectivity index (χ1v) is 11.9. The van der Waals surface area contributed by atoms with Crippen molar-refractivity contribution in [3.05, 3.63) is 58.9 Å². The summed E-state index contributed by atoms with van der Waals surface area (Å²) in [5, 5.41) is 2.88. The number of rotatable bonds is 7. The molecule has 0 aliphatic carbocycles. The number of hydrogen-bond acceptors (Lipinski definition) is 5. The highest BCUT2D eigenvalue weighted by Crippen LogP contribution is 2.24. The van der Waals surface area contributed by atoms with Crippen LogP contribution in [0.3, 0.4) is 0 Å². The van der Waals surface area contributed by atoms with Crippen LogP contribution < -0.4 is 10.0 Å². The lowest BCUT2D eigenvalue weighted by Gasteiger charge is -2.14. The minimum atomic E-state index is -3.89. The minimum Gasteiger partial charge on any atom is -0.377 e. The van der Waals surface area contributed by atoms with Crippen LogP contribution in [-0.4, -0.2) is 43.5 Å². The van der Waals surface area contributed by atoms with Crippen molar-refractivity contribution in [1.29, 1.82) is 0 Å². The summed E-state index contributed by atoms with van der Waals surface area (Å²) in [5.74, 6) is 0.176. The second-order valence-corrected chi connectivity index (χ2v) is 9.61. The molecule has 1 aromatic heterocycles. The molecule has 0 saturated carbocycles. The number of halogens is 1. The SMILES string of the molecule is C[C@@H](NC(=O)c1ccc(Cl)c(S(=O)(=O)NC[C@@H]2CCCO2)c1)c1nc2ccccc2[nH]1. The summed E-state index contributed by atoms with van der Waals surface area (Å²) in [5.41, 5.74) is 1.86. The van der Waals surface area contributed by atoms with Crippen LogP contribution in [0.4, 0.5) is 0 Å².